The molecule has 0 fully saturated rings. The minimum absolute atomic E-state index is 0. The number of hydrogen-bond donors (Lipinski definition) is 0. The summed E-state index contributed by atoms with van der Waals surface area (Å²) in [5.74, 6) is 0. The van der Waals surface area contributed by atoms with E-state index in [1.807, 2.05) is 0 Å². The van der Waals surface area contributed by atoms with Crippen LogP contribution in [0, 0.1) is 0 Å². The van der Waals surface area contributed by atoms with Gasteiger partial charge in [0, 0.05) is 0 Å². The molecule has 0 saturated heterocycles. The number of hydrogen-bond acceptors (Lipinski definition) is 0. The van der Waals surface area contributed by atoms with E-state index in [4.69, 9.17) is 0 Å². The Labute approximate surface area is 146 Å². The molecule has 21 heavy (non-hydrogen) atoms. The molecule has 0 unspecified atom stereocenters. The number of rotatable bonds is 0. The van der Waals surface area contributed by atoms with Crippen LogP contribution in [0.15, 0.2) is 84.9 Å². The van der Waals surface area contributed by atoms with E-state index in [2.05, 4.69) is 89.1 Å². The standard InChI is InChI=1S/2C9H7.CH2.ClH.Zr/c2*1-2-5-9-7-3-6-8(9)4-1;;;/h2*1-7H;1H2;1H;/q2*-1;;;+2. The molecule has 104 valence electrons. The number of halogens is 1. The fourth-order valence-corrected chi connectivity index (χ4v) is 2.14. The molecular formula is C19H17ClZr. The molecular weight excluding hydrogens is 355 g/mol. The quantitative estimate of drug-likeness (QED) is 0.358. The average Bonchev–Trinajstić information content (AvgIpc) is 3.18. The van der Waals surface area contributed by atoms with Crippen molar-refractivity contribution in [1.29, 1.82) is 0 Å². The fraction of sp³-hybridized carbons (Fsp3) is 0. The van der Waals surface area contributed by atoms with Crippen molar-refractivity contribution in [3.8, 4) is 0 Å². The summed E-state index contributed by atoms with van der Waals surface area (Å²) in [7, 11) is 0. The first-order valence-corrected chi connectivity index (χ1v) is 8.23. The van der Waals surface area contributed by atoms with Crippen LogP contribution in [0.1, 0.15) is 0 Å². The van der Waals surface area contributed by atoms with Crippen molar-refractivity contribution >= 4 is 38.2 Å². The molecule has 0 radical (unpaired) electrons. The second kappa shape index (κ2) is 9.61. The monoisotopic (exact) mass is 370 g/mol. The zero-order chi connectivity index (χ0) is 14.2. The Morgan fingerprint density at radius 2 is 1.00 bits per heavy atom. The van der Waals surface area contributed by atoms with E-state index in [0.717, 1.165) is 0 Å². The number of benzene rings is 2. The first kappa shape index (κ1) is 17.8. The minimum atomic E-state index is 0. The van der Waals surface area contributed by atoms with Crippen LogP contribution in [0.3, 0.4) is 0 Å². The van der Waals surface area contributed by atoms with Crippen LogP contribution in [0.4, 0.5) is 0 Å². The van der Waals surface area contributed by atoms with Crippen molar-refractivity contribution in [2.45, 2.75) is 0 Å². The summed E-state index contributed by atoms with van der Waals surface area (Å²) in [5, 5.41) is 5.32. The van der Waals surface area contributed by atoms with Gasteiger partial charge < -0.3 is 0 Å². The molecule has 0 saturated carbocycles. The van der Waals surface area contributed by atoms with Crippen molar-refractivity contribution in [2.24, 2.45) is 0 Å². The molecule has 0 nitrogen and oxygen atoms in total. The van der Waals surface area contributed by atoms with Gasteiger partial charge in [0.15, 0.2) is 0 Å². The molecule has 0 aliphatic heterocycles. The van der Waals surface area contributed by atoms with E-state index in [1.165, 1.54) is 45.8 Å². The molecule has 4 rings (SSSR count). The molecule has 0 amide bonds. The predicted octanol–water partition coefficient (Wildman–Crippen LogP) is 5.50. The third-order valence-corrected chi connectivity index (χ3v) is 3.10. The van der Waals surface area contributed by atoms with Gasteiger partial charge in [-0.2, -0.15) is 35.0 Å². The van der Waals surface area contributed by atoms with Crippen molar-refractivity contribution in [3.05, 3.63) is 84.9 Å². The van der Waals surface area contributed by atoms with Gasteiger partial charge in [-0.25, -0.2) is 0 Å². The van der Waals surface area contributed by atoms with Gasteiger partial charge in [0.2, 0.25) is 0 Å². The third kappa shape index (κ3) is 4.88. The van der Waals surface area contributed by atoms with Gasteiger partial charge in [-0.05, 0) is 0 Å². The summed E-state index contributed by atoms with van der Waals surface area (Å²) < 4.78 is 3.34. The molecule has 0 aliphatic rings. The second-order valence-electron chi connectivity index (χ2n) is 4.31. The normalized spacial score (nSPS) is 9.05. The van der Waals surface area contributed by atoms with Crippen molar-refractivity contribution in [1.82, 2.24) is 0 Å². The molecule has 0 N–H and O–H groups in total. The SMILES string of the molecule is Cl.[CH2]=[Zr+2].c1ccc2[cH-]ccc2c1.c1ccc2[cH-]ccc2c1. The maximum atomic E-state index is 3.34. The van der Waals surface area contributed by atoms with Crippen LogP contribution in [0.25, 0.3) is 21.5 Å². The maximum Gasteiger partial charge on any atom is -0.0809 e. The third-order valence-electron chi connectivity index (χ3n) is 3.10. The molecule has 0 spiro atoms. The van der Waals surface area contributed by atoms with E-state index < -0.39 is 0 Å². The van der Waals surface area contributed by atoms with Gasteiger partial charge >= 0.3 is 28.4 Å². The van der Waals surface area contributed by atoms with Gasteiger partial charge in [0.05, 0.1) is 0 Å². The van der Waals surface area contributed by atoms with Crippen LogP contribution in [0.5, 0.6) is 0 Å². The molecule has 4 aromatic rings. The summed E-state index contributed by atoms with van der Waals surface area (Å²) in [6, 6.07) is 29.3. The van der Waals surface area contributed by atoms with E-state index in [1.54, 1.807) is 0 Å². The zero-order valence-electron chi connectivity index (χ0n) is 11.7. The summed E-state index contributed by atoms with van der Waals surface area (Å²) in [6.45, 7) is 0. The molecule has 4 aromatic carbocycles. The van der Waals surface area contributed by atoms with Crippen molar-refractivity contribution in [2.75, 3.05) is 0 Å². The van der Waals surface area contributed by atoms with Gasteiger partial charge in [-0.1, -0.05) is 12.1 Å². The second-order valence-corrected chi connectivity index (χ2v) is 4.31. The topological polar surface area (TPSA) is 0 Å². The smallest absolute Gasteiger partial charge is 0.0809 e. The molecule has 0 heterocycles. The Kier molecular flexibility index (Phi) is 8.12. The van der Waals surface area contributed by atoms with E-state index in [9.17, 15) is 0 Å². The van der Waals surface area contributed by atoms with Crippen LogP contribution in [-0.2, 0) is 24.2 Å². The Balaban J connectivity index is 0.000000181. The molecule has 0 atom stereocenters. The molecule has 0 bridgehead atoms. The first-order chi connectivity index (χ1) is 9.93. The van der Waals surface area contributed by atoms with Crippen molar-refractivity contribution < 1.29 is 24.2 Å². The predicted molar refractivity (Wildman–Crippen MR) is 93.5 cm³/mol. The van der Waals surface area contributed by atoms with Gasteiger partial charge in [0.25, 0.3) is 0 Å². The Bertz CT molecular complexity index is 641. The summed E-state index contributed by atoms with van der Waals surface area (Å²) in [4.78, 5) is 0. The molecule has 2 heteroatoms. The first-order valence-electron chi connectivity index (χ1n) is 6.50. The van der Waals surface area contributed by atoms with Crippen molar-refractivity contribution in [3.63, 3.8) is 0 Å². The van der Waals surface area contributed by atoms with Crippen LogP contribution in [-0.4, -0.2) is 4.21 Å². The Morgan fingerprint density at radius 1 is 0.619 bits per heavy atom. The van der Waals surface area contributed by atoms with Gasteiger partial charge in [-0.3, -0.25) is 0 Å². The van der Waals surface area contributed by atoms with Crippen LogP contribution >= 0.6 is 12.4 Å². The largest absolute Gasteiger partial charge is 0.168 e. The average molecular weight is 372 g/mol. The fourth-order valence-electron chi connectivity index (χ4n) is 2.14. The molecule has 0 aromatic heterocycles. The summed E-state index contributed by atoms with van der Waals surface area (Å²) in [6.07, 6.45) is 0. The van der Waals surface area contributed by atoms with E-state index >= 15 is 0 Å². The maximum absolute atomic E-state index is 3.34. The van der Waals surface area contributed by atoms with Gasteiger partial charge in [0.1, 0.15) is 0 Å². The van der Waals surface area contributed by atoms with Crippen LogP contribution in [0.2, 0.25) is 0 Å². The minimum Gasteiger partial charge on any atom is -0.168 e. The summed E-state index contributed by atoms with van der Waals surface area (Å²) >= 11 is 1.30. The Morgan fingerprint density at radius 3 is 1.38 bits per heavy atom. The zero-order valence-corrected chi connectivity index (χ0v) is 15.0. The van der Waals surface area contributed by atoms with E-state index in [0.29, 0.717) is 0 Å². The number of fused-ring (bicyclic) bond motifs is 2. The van der Waals surface area contributed by atoms with Gasteiger partial charge in [-0.15, -0.1) is 71.7 Å². The van der Waals surface area contributed by atoms with E-state index in [-0.39, 0.29) is 12.4 Å². The van der Waals surface area contributed by atoms with Crippen LogP contribution < -0.4 is 0 Å². The Hall–Kier alpha value is -1.30. The summed E-state index contributed by atoms with van der Waals surface area (Å²) in [5.41, 5.74) is 0. The molecule has 0 aliphatic carbocycles.